The first-order valence-electron chi connectivity index (χ1n) is 8.25. The summed E-state index contributed by atoms with van der Waals surface area (Å²) in [5.41, 5.74) is 1.76. The van der Waals surface area contributed by atoms with Gasteiger partial charge in [0, 0.05) is 12.1 Å². The number of para-hydroxylation sites is 2. The highest BCUT2D eigenvalue weighted by atomic mass is 35.5. The maximum absolute atomic E-state index is 12.7. The summed E-state index contributed by atoms with van der Waals surface area (Å²) < 4.78 is 32.0. The van der Waals surface area contributed by atoms with Gasteiger partial charge in [-0.3, -0.25) is 4.79 Å². The average molecular weight is 420 g/mol. The maximum atomic E-state index is 12.7. The molecule has 1 heterocycles. The van der Waals surface area contributed by atoms with Gasteiger partial charge in [0.05, 0.1) is 24.7 Å². The Labute approximate surface area is 167 Å². The molecule has 146 valence electrons. The van der Waals surface area contributed by atoms with E-state index in [0.29, 0.717) is 22.2 Å². The lowest BCUT2D eigenvalue weighted by atomic mass is 10.2. The molecule has 9 heteroatoms. The van der Waals surface area contributed by atoms with Crippen LogP contribution in [-0.4, -0.2) is 36.7 Å². The van der Waals surface area contributed by atoms with Gasteiger partial charge >= 0.3 is 0 Å². The van der Waals surface area contributed by atoms with Gasteiger partial charge < -0.3 is 14.6 Å². The Hall–Kier alpha value is -2.84. The summed E-state index contributed by atoms with van der Waals surface area (Å²) in [6, 6.07) is 13.7. The lowest BCUT2D eigenvalue weighted by Gasteiger charge is -2.10. The van der Waals surface area contributed by atoms with Crippen LogP contribution in [0.3, 0.4) is 0 Å². The molecule has 0 saturated carbocycles. The number of imidazole rings is 1. The standard InChI is InChI=1S/C19H18ClN3O4S/c1-23-16(13-7-9-14(20)10-8-13)11-21-19(23)28(25,26)12-18(24)22-15-5-3-4-6-17(15)27-2/h3-11H,12H2,1-2H3,(H,22,24). The third-order valence-corrected chi connectivity index (χ3v) is 5.90. The van der Waals surface area contributed by atoms with Crippen molar-refractivity contribution < 1.29 is 17.9 Å². The molecule has 0 atom stereocenters. The molecule has 28 heavy (non-hydrogen) atoms. The molecule has 0 spiro atoms. The molecule has 2 aromatic carbocycles. The van der Waals surface area contributed by atoms with Gasteiger partial charge in [0.1, 0.15) is 11.5 Å². The second-order valence-electron chi connectivity index (χ2n) is 6.00. The van der Waals surface area contributed by atoms with Crippen LogP contribution in [-0.2, 0) is 21.7 Å². The largest absolute Gasteiger partial charge is 0.495 e. The van der Waals surface area contributed by atoms with Crippen LogP contribution in [0.5, 0.6) is 5.75 Å². The Bertz CT molecular complexity index is 1110. The predicted molar refractivity (Wildman–Crippen MR) is 107 cm³/mol. The van der Waals surface area contributed by atoms with E-state index in [-0.39, 0.29) is 5.16 Å². The highest BCUT2D eigenvalue weighted by Crippen LogP contribution is 2.25. The number of benzene rings is 2. The van der Waals surface area contributed by atoms with Crippen molar-refractivity contribution in [3.05, 3.63) is 59.8 Å². The summed E-state index contributed by atoms with van der Waals surface area (Å²) in [5, 5.41) is 2.95. The number of nitrogens with zero attached hydrogens (tertiary/aromatic N) is 2. The number of methoxy groups -OCH3 is 1. The molecule has 0 radical (unpaired) electrons. The summed E-state index contributed by atoms with van der Waals surface area (Å²) in [6.07, 6.45) is 1.45. The van der Waals surface area contributed by atoms with E-state index in [1.165, 1.54) is 17.9 Å². The van der Waals surface area contributed by atoms with Crippen LogP contribution in [0, 0.1) is 0 Å². The van der Waals surface area contributed by atoms with E-state index >= 15 is 0 Å². The normalized spacial score (nSPS) is 11.2. The third kappa shape index (κ3) is 4.18. The number of halogens is 1. The van der Waals surface area contributed by atoms with Crippen LogP contribution in [0.15, 0.2) is 59.9 Å². The van der Waals surface area contributed by atoms with E-state index in [1.807, 2.05) is 0 Å². The van der Waals surface area contributed by atoms with Crippen molar-refractivity contribution in [3.8, 4) is 17.0 Å². The zero-order chi connectivity index (χ0) is 20.3. The fraction of sp³-hybridized carbons (Fsp3) is 0.158. The zero-order valence-electron chi connectivity index (χ0n) is 15.2. The van der Waals surface area contributed by atoms with Crippen molar-refractivity contribution >= 4 is 33.0 Å². The van der Waals surface area contributed by atoms with Crippen LogP contribution in [0.1, 0.15) is 0 Å². The van der Waals surface area contributed by atoms with Gasteiger partial charge in [-0.2, -0.15) is 0 Å². The number of carbonyl (C=O) groups excluding carboxylic acids is 1. The molecule has 0 fully saturated rings. The molecule has 1 aromatic heterocycles. The predicted octanol–water partition coefficient (Wildman–Crippen LogP) is 3.16. The highest BCUT2D eigenvalue weighted by Gasteiger charge is 2.26. The average Bonchev–Trinajstić information content (AvgIpc) is 3.04. The van der Waals surface area contributed by atoms with Crippen molar-refractivity contribution in [1.29, 1.82) is 0 Å². The first-order valence-corrected chi connectivity index (χ1v) is 10.3. The van der Waals surface area contributed by atoms with E-state index in [4.69, 9.17) is 16.3 Å². The van der Waals surface area contributed by atoms with E-state index in [1.54, 1.807) is 55.6 Å². The Morgan fingerprint density at radius 1 is 1.18 bits per heavy atom. The van der Waals surface area contributed by atoms with Crippen molar-refractivity contribution in [3.63, 3.8) is 0 Å². The second-order valence-corrected chi connectivity index (χ2v) is 8.32. The quantitative estimate of drug-likeness (QED) is 0.662. The monoisotopic (exact) mass is 419 g/mol. The van der Waals surface area contributed by atoms with Gasteiger partial charge in [-0.1, -0.05) is 35.9 Å². The lowest BCUT2D eigenvalue weighted by Crippen LogP contribution is -2.25. The van der Waals surface area contributed by atoms with Gasteiger partial charge in [0.25, 0.3) is 0 Å². The fourth-order valence-electron chi connectivity index (χ4n) is 2.74. The highest BCUT2D eigenvalue weighted by molar-refractivity contribution is 7.92. The number of carbonyl (C=O) groups is 1. The Balaban J connectivity index is 1.81. The molecule has 0 aliphatic heterocycles. The number of amides is 1. The van der Waals surface area contributed by atoms with Gasteiger partial charge in [-0.05, 0) is 29.8 Å². The maximum Gasteiger partial charge on any atom is 0.240 e. The second kappa shape index (κ2) is 8.04. The van der Waals surface area contributed by atoms with Crippen molar-refractivity contribution in [2.75, 3.05) is 18.2 Å². The molecule has 0 unspecified atom stereocenters. The molecule has 0 saturated heterocycles. The van der Waals surface area contributed by atoms with Crippen molar-refractivity contribution in [2.45, 2.75) is 5.16 Å². The number of nitrogens with one attached hydrogen (secondary N) is 1. The minimum atomic E-state index is -3.95. The minimum Gasteiger partial charge on any atom is -0.495 e. The molecule has 3 rings (SSSR count). The topological polar surface area (TPSA) is 90.3 Å². The fourth-order valence-corrected chi connectivity index (χ4v) is 4.14. The summed E-state index contributed by atoms with van der Waals surface area (Å²) in [4.78, 5) is 16.3. The van der Waals surface area contributed by atoms with Crippen molar-refractivity contribution in [1.82, 2.24) is 9.55 Å². The number of hydrogen-bond acceptors (Lipinski definition) is 5. The Morgan fingerprint density at radius 2 is 1.86 bits per heavy atom. The Morgan fingerprint density at radius 3 is 2.54 bits per heavy atom. The summed E-state index contributed by atoms with van der Waals surface area (Å²) in [5.74, 6) is -0.980. The number of hydrogen-bond donors (Lipinski definition) is 1. The van der Waals surface area contributed by atoms with Gasteiger partial charge in [-0.25, -0.2) is 13.4 Å². The number of aromatic nitrogens is 2. The minimum absolute atomic E-state index is 0.187. The van der Waals surface area contributed by atoms with Crippen LogP contribution in [0.4, 0.5) is 5.69 Å². The SMILES string of the molecule is COc1ccccc1NC(=O)CS(=O)(=O)c1ncc(-c2ccc(Cl)cc2)n1C. The molecule has 0 aliphatic carbocycles. The first kappa shape index (κ1) is 19.9. The van der Waals surface area contributed by atoms with Crippen LogP contribution in [0.25, 0.3) is 11.3 Å². The molecule has 7 nitrogen and oxygen atoms in total. The number of anilines is 1. The van der Waals surface area contributed by atoms with Crippen LogP contribution in [0.2, 0.25) is 5.02 Å². The molecular weight excluding hydrogens is 402 g/mol. The lowest BCUT2D eigenvalue weighted by molar-refractivity contribution is -0.113. The van der Waals surface area contributed by atoms with Gasteiger partial charge in [0.2, 0.25) is 20.9 Å². The van der Waals surface area contributed by atoms with E-state index in [2.05, 4.69) is 10.3 Å². The molecule has 1 N–H and O–H groups in total. The summed E-state index contributed by atoms with van der Waals surface area (Å²) in [7, 11) is -0.901. The summed E-state index contributed by atoms with van der Waals surface area (Å²) >= 11 is 5.89. The third-order valence-electron chi connectivity index (χ3n) is 4.07. The van der Waals surface area contributed by atoms with Gasteiger partial charge in [0.15, 0.2) is 0 Å². The van der Waals surface area contributed by atoms with Gasteiger partial charge in [-0.15, -0.1) is 0 Å². The van der Waals surface area contributed by atoms with E-state index in [9.17, 15) is 13.2 Å². The molecule has 0 aliphatic rings. The molecule has 1 amide bonds. The Kier molecular flexibility index (Phi) is 5.71. The summed E-state index contributed by atoms with van der Waals surface area (Å²) in [6.45, 7) is 0. The van der Waals surface area contributed by atoms with Crippen LogP contribution < -0.4 is 10.1 Å². The smallest absolute Gasteiger partial charge is 0.240 e. The van der Waals surface area contributed by atoms with E-state index in [0.717, 1.165) is 5.56 Å². The molecule has 3 aromatic rings. The van der Waals surface area contributed by atoms with Crippen molar-refractivity contribution in [2.24, 2.45) is 7.05 Å². The molecular formula is C19H18ClN3O4S. The van der Waals surface area contributed by atoms with Crippen LogP contribution >= 0.6 is 11.6 Å². The number of ether oxygens (including phenoxy) is 1. The first-order chi connectivity index (χ1) is 13.3. The molecule has 0 bridgehead atoms. The van der Waals surface area contributed by atoms with E-state index < -0.39 is 21.5 Å². The zero-order valence-corrected chi connectivity index (χ0v) is 16.8. The number of sulfone groups is 1. The number of rotatable bonds is 6.